The van der Waals surface area contributed by atoms with E-state index in [0.29, 0.717) is 5.69 Å². The highest BCUT2D eigenvalue weighted by Crippen LogP contribution is 2.40. The molecule has 5 nitrogen and oxygen atoms in total. The zero-order chi connectivity index (χ0) is 21.3. The molecule has 2 aromatic rings. The van der Waals surface area contributed by atoms with Crippen molar-refractivity contribution in [1.29, 1.82) is 0 Å². The molecule has 150 valence electrons. The van der Waals surface area contributed by atoms with Crippen molar-refractivity contribution in [1.82, 2.24) is 0 Å². The normalized spacial score (nSPS) is 13.2. The Hall–Kier alpha value is -3.21. The number of fused-ring (bicyclic) bond motifs is 1. The van der Waals surface area contributed by atoms with E-state index in [1.165, 1.54) is 17.0 Å². The molecule has 0 radical (unpaired) electrons. The lowest BCUT2D eigenvalue weighted by Crippen LogP contribution is -2.32. The van der Waals surface area contributed by atoms with Gasteiger partial charge in [0.05, 0.1) is 22.4 Å². The van der Waals surface area contributed by atoms with Crippen LogP contribution in [0.1, 0.15) is 81.7 Å². The van der Waals surface area contributed by atoms with Crippen molar-refractivity contribution in [2.45, 2.75) is 39.5 Å². The van der Waals surface area contributed by atoms with Crippen LogP contribution in [0.5, 0.6) is 0 Å². The van der Waals surface area contributed by atoms with Gasteiger partial charge in [0.15, 0.2) is 0 Å². The standard InChI is InChI=1S/C24H25NO4/c1-6-13-29-24(28)19-12-8-11-18-20(19)23(27)25(22(18)26)21-16(14(2)3)9-7-10-17(21)15(4)5/h6-12,14-15H,1,13H2,2-5H3. The molecule has 1 heterocycles. The number of carbonyl (C=O) groups is 3. The number of ether oxygens (including phenoxy) is 1. The summed E-state index contributed by atoms with van der Waals surface area (Å²) in [4.78, 5) is 40.4. The lowest BCUT2D eigenvalue weighted by Gasteiger charge is -2.25. The van der Waals surface area contributed by atoms with Gasteiger partial charge in [0.2, 0.25) is 0 Å². The Morgan fingerprint density at radius 3 is 2.14 bits per heavy atom. The summed E-state index contributed by atoms with van der Waals surface area (Å²) in [6.45, 7) is 11.7. The van der Waals surface area contributed by atoms with E-state index in [9.17, 15) is 14.4 Å². The number of imide groups is 1. The van der Waals surface area contributed by atoms with Gasteiger partial charge < -0.3 is 4.74 Å². The summed E-state index contributed by atoms with van der Waals surface area (Å²) < 4.78 is 5.11. The first-order valence-corrected chi connectivity index (χ1v) is 9.72. The van der Waals surface area contributed by atoms with Crippen LogP contribution in [0.3, 0.4) is 0 Å². The summed E-state index contributed by atoms with van der Waals surface area (Å²) in [6.07, 6.45) is 1.45. The van der Waals surface area contributed by atoms with Gasteiger partial charge in [-0.05, 0) is 35.1 Å². The van der Waals surface area contributed by atoms with Gasteiger partial charge in [0.25, 0.3) is 11.8 Å². The molecule has 0 saturated heterocycles. The first-order valence-electron chi connectivity index (χ1n) is 9.72. The first-order chi connectivity index (χ1) is 13.8. The highest BCUT2D eigenvalue weighted by Gasteiger charge is 2.42. The fourth-order valence-electron chi connectivity index (χ4n) is 3.64. The third-order valence-electron chi connectivity index (χ3n) is 5.03. The minimum Gasteiger partial charge on any atom is -0.458 e. The molecule has 0 aliphatic carbocycles. The fourth-order valence-corrected chi connectivity index (χ4v) is 3.64. The number of hydrogen-bond donors (Lipinski definition) is 0. The molecule has 2 amide bonds. The van der Waals surface area contributed by atoms with Gasteiger partial charge in [-0.3, -0.25) is 9.59 Å². The van der Waals surface area contributed by atoms with Crippen molar-refractivity contribution >= 4 is 23.5 Å². The molecule has 5 heteroatoms. The Morgan fingerprint density at radius 1 is 1.00 bits per heavy atom. The van der Waals surface area contributed by atoms with Gasteiger partial charge in [-0.1, -0.05) is 64.6 Å². The number of anilines is 1. The van der Waals surface area contributed by atoms with Crippen molar-refractivity contribution in [3.8, 4) is 0 Å². The minimum absolute atomic E-state index is 0.0298. The van der Waals surface area contributed by atoms with E-state index in [0.717, 1.165) is 11.1 Å². The van der Waals surface area contributed by atoms with Crippen LogP contribution in [0.25, 0.3) is 0 Å². The number of para-hydroxylation sites is 1. The Labute approximate surface area is 171 Å². The van der Waals surface area contributed by atoms with Crippen molar-refractivity contribution < 1.29 is 19.1 Å². The molecule has 0 bridgehead atoms. The minimum atomic E-state index is -0.647. The molecule has 0 atom stereocenters. The van der Waals surface area contributed by atoms with E-state index in [4.69, 9.17) is 4.74 Å². The molecule has 29 heavy (non-hydrogen) atoms. The van der Waals surface area contributed by atoms with Gasteiger partial charge in [-0.15, -0.1) is 0 Å². The third kappa shape index (κ3) is 3.48. The van der Waals surface area contributed by atoms with Crippen LogP contribution >= 0.6 is 0 Å². The van der Waals surface area contributed by atoms with Crippen LogP contribution in [0.4, 0.5) is 5.69 Å². The number of amides is 2. The third-order valence-corrected chi connectivity index (χ3v) is 5.03. The second kappa shape index (κ2) is 8.03. The van der Waals surface area contributed by atoms with Gasteiger partial charge in [-0.25, -0.2) is 9.69 Å². The highest BCUT2D eigenvalue weighted by atomic mass is 16.5. The summed E-state index contributed by atoms with van der Waals surface area (Å²) >= 11 is 0. The zero-order valence-electron chi connectivity index (χ0n) is 17.2. The summed E-state index contributed by atoms with van der Waals surface area (Å²) in [6, 6.07) is 10.5. The number of hydrogen-bond acceptors (Lipinski definition) is 4. The van der Waals surface area contributed by atoms with Crippen LogP contribution in [0.2, 0.25) is 0 Å². The quantitative estimate of drug-likeness (QED) is 0.391. The fraction of sp³-hybridized carbons (Fsp3) is 0.292. The summed E-state index contributed by atoms with van der Waals surface area (Å²) in [5.41, 5.74) is 2.87. The molecule has 1 aliphatic heterocycles. The number of esters is 1. The van der Waals surface area contributed by atoms with Crippen LogP contribution in [0.15, 0.2) is 49.1 Å². The number of nitrogens with zero attached hydrogens (tertiary/aromatic N) is 1. The maximum absolute atomic E-state index is 13.4. The average molecular weight is 391 g/mol. The van der Waals surface area contributed by atoms with Gasteiger partial charge in [-0.2, -0.15) is 0 Å². The van der Waals surface area contributed by atoms with Gasteiger partial charge in [0, 0.05) is 0 Å². The van der Waals surface area contributed by atoms with E-state index >= 15 is 0 Å². The summed E-state index contributed by atoms with van der Waals surface area (Å²) in [7, 11) is 0. The van der Waals surface area contributed by atoms with Crippen molar-refractivity contribution in [3.05, 3.63) is 76.9 Å². The molecule has 0 spiro atoms. The molecule has 0 saturated carbocycles. The Morgan fingerprint density at radius 2 is 1.59 bits per heavy atom. The molecule has 0 aromatic heterocycles. The van der Waals surface area contributed by atoms with Crippen LogP contribution < -0.4 is 4.90 Å². The summed E-state index contributed by atoms with van der Waals surface area (Å²) in [5.74, 6) is -1.33. The van der Waals surface area contributed by atoms with E-state index < -0.39 is 17.8 Å². The maximum atomic E-state index is 13.4. The van der Waals surface area contributed by atoms with Gasteiger partial charge in [0.1, 0.15) is 6.61 Å². The van der Waals surface area contributed by atoms with Crippen molar-refractivity contribution in [2.75, 3.05) is 11.5 Å². The number of rotatable bonds is 6. The summed E-state index contributed by atoms with van der Waals surface area (Å²) in [5, 5.41) is 0. The van der Waals surface area contributed by atoms with Crippen LogP contribution in [0, 0.1) is 0 Å². The van der Waals surface area contributed by atoms with E-state index in [1.54, 1.807) is 12.1 Å². The zero-order valence-corrected chi connectivity index (χ0v) is 17.2. The van der Waals surface area contributed by atoms with E-state index in [1.807, 2.05) is 45.9 Å². The molecular formula is C24H25NO4. The van der Waals surface area contributed by atoms with Gasteiger partial charge >= 0.3 is 5.97 Å². The number of benzene rings is 2. The van der Waals surface area contributed by atoms with Crippen LogP contribution in [-0.4, -0.2) is 24.4 Å². The molecule has 0 N–H and O–H groups in total. The van der Waals surface area contributed by atoms with E-state index in [2.05, 4.69) is 6.58 Å². The maximum Gasteiger partial charge on any atom is 0.339 e. The molecule has 0 fully saturated rings. The first kappa shape index (κ1) is 20.5. The second-order valence-corrected chi connectivity index (χ2v) is 7.66. The molecule has 0 unspecified atom stereocenters. The Bertz CT molecular complexity index is 978. The lowest BCUT2D eigenvalue weighted by molar-refractivity contribution is 0.0546. The predicted molar refractivity (Wildman–Crippen MR) is 113 cm³/mol. The molecule has 1 aliphatic rings. The van der Waals surface area contributed by atoms with Crippen LogP contribution in [-0.2, 0) is 4.74 Å². The smallest absolute Gasteiger partial charge is 0.339 e. The van der Waals surface area contributed by atoms with E-state index in [-0.39, 0.29) is 35.1 Å². The molecule has 3 rings (SSSR count). The monoisotopic (exact) mass is 391 g/mol. The Balaban J connectivity index is 2.18. The Kier molecular flexibility index (Phi) is 5.69. The average Bonchev–Trinajstić information content (AvgIpc) is 2.95. The topological polar surface area (TPSA) is 63.7 Å². The highest BCUT2D eigenvalue weighted by molar-refractivity contribution is 6.36. The number of carbonyl (C=O) groups excluding carboxylic acids is 3. The van der Waals surface area contributed by atoms with Crippen molar-refractivity contribution in [2.24, 2.45) is 0 Å². The molecule has 2 aromatic carbocycles. The largest absolute Gasteiger partial charge is 0.458 e. The van der Waals surface area contributed by atoms with Crippen molar-refractivity contribution in [3.63, 3.8) is 0 Å². The second-order valence-electron chi connectivity index (χ2n) is 7.66. The molecular weight excluding hydrogens is 366 g/mol. The SMILES string of the molecule is C=CCOC(=O)c1cccc2c1C(=O)N(c1c(C(C)C)cccc1C(C)C)C2=O. The predicted octanol–water partition coefficient (Wildman–Crippen LogP) is 5.08. The lowest BCUT2D eigenvalue weighted by atomic mass is 9.92.